The van der Waals surface area contributed by atoms with Crippen LogP contribution >= 0.6 is 0 Å². The molecule has 0 aliphatic carbocycles. The van der Waals surface area contributed by atoms with E-state index in [4.69, 9.17) is 9.84 Å². The first-order chi connectivity index (χ1) is 14.6. The van der Waals surface area contributed by atoms with Crippen LogP contribution in [0.5, 0.6) is 0 Å². The summed E-state index contributed by atoms with van der Waals surface area (Å²) in [7, 11) is 2.00. The Bertz CT molecular complexity index is 829. The van der Waals surface area contributed by atoms with E-state index in [-0.39, 0.29) is 6.09 Å². The van der Waals surface area contributed by atoms with Crippen LogP contribution in [0, 0.1) is 0 Å². The van der Waals surface area contributed by atoms with Crippen LogP contribution in [0.15, 0.2) is 36.5 Å². The van der Waals surface area contributed by atoms with Gasteiger partial charge in [-0.15, -0.1) is 0 Å². The van der Waals surface area contributed by atoms with Crippen molar-refractivity contribution >= 4 is 6.09 Å². The molecule has 1 amide bonds. The third-order valence-electron chi connectivity index (χ3n) is 6.18. The lowest BCUT2D eigenvalue weighted by atomic mass is 10.0. The molecule has 2 fully saturated rings. The molecular formula is C23H33N5O2. The van der Waals surface area contributed by atoms with Crippen LogP contribution < -0.4 is 0 Å². The second-order valence-corrected chi connectivity index (χ2v) is 8.30. The van der Waals surface area contributed by atoms with Crippen LogP contribution in [0.4, 0.5) is 4.79 Å². The summed E-state index contributed by atoms with van der Waals surface area (Å²) in [6.07, 6.45) is 4.43. The number of ether oxygens (including phenoxy) is 1. The highest BCUT2D eigenvalue weighted by atomic mass is 16.6. The molecule has 0 bridgehead atoms. The van der Waals surface area contributed by atoms with Gasteiger partial charge in [0.15, 0.2) is 0 Å². The van der Waals surface area contributed by atoms with Gasteiger partial charge in [0, 0.05) is 69.7 Å². The number of piperidine rings is 1. The van der Waals surface area contributed by atoms with Crippen LogP contribution in [-0.4, -0.2) is 82.5 Å². The molecule has 4 rings (SSSR count). The van der Waals surface area contributed by atoms with Crippen molar-refractivity contribution in [3.8, 4) is 11.3 Å². The molecule has 2 aliphatic heterocycles. The van der Waals surface area contributed by atoms with Gasteiger partial charge < -0.3 is 9.64 Å². The van der Waals surface area contributed by atoms with Crippen molar-refractivity contribution in [2.24, 2.45) is 7.05 Å². The number of amides is 1. The smallest absolute Gasteiger partial charge is 0.409 e. The summed E-state index contributed by atoms with van der Waals surface area (Å²) in [5.41, 5.74) is 3.55. The first-order valence-electron chi connectivity index (χ1n) is 11.1. The molecular weight excluding hydrogens is 378 g/mol. The minimum absolute atomic E-state index is 0.174. The van der Waals surface area contributed by atoms with Crippen molar-refractivity contribution in [2.45, 2.75) is 32.4 Å². The highest BCUT2D eigenvalue weighted by Crippen LogP contribution is 2.25. The van der Waals surface area contributed by atoms with E-state index in [1.54, 1.807) is 0 Å². The molecule has 1 atom stereocenters. The Morgan fingerprint density at radius 3 is 2.63 bits per heavy atom. The topological polar surface area (TPSA) is 53.8 Å². The number of aromatic nitrogens is 2. The van der Waals surface area contributed by atoms with E-state index in [1.807, 2.05) is 29.6 Å². The molecule has 0 unspecified atom stereocenters. The second-order valence-electron chi connectivity index (χ2n) is 8.30. The second kappa shape index (κ2) is 9.62. The van der Waals surface area contributed by atoms with Gasteiger partial charge >= 0.3 is 6.09 Å². The molecule has 7 nitrogen and oxygen atoms in total. The number of hydrogen-bond donors (Lipinski definition) is 0. The van der Waals surface area contributed by atoms with Crippen molar-refractivity contribution < 1.29 is 9.53 Å². The molecule has 0 spiro atoms. The summed E-state index contributed by atoms with van der Waals surface area (Å²) in [6, 6.07) is 11.0. The Morgan fingerprint density at radius 1 is 1.13 bits per heavy atom. The van der Waals surface area contributed by atoms with Crippen LogP contribution in [0.2, 0.25) is 0 Å². The summed E-state index contributed by atoms with van der Waals surface area (Å²) in [6.45, 7) is 8.81. The molecule has 0 saturated carbocycles. The fourth-order valence-electron chi connectivity index (χ4n) is 4.69. The lowest BCUT2D eigenvalue weighted by Gasteiger charge is -2.43. The van der Waals surface area contributed by atoms with E-state index < -0.39 is 0 Å². The maximum absolute atomic E-state index is 12.0. The van der Waals surface area contributed by atoms with Crippen molar-refractivity contribution in [3.05, 3.63) is 42.1 Å². The van der Waals surface area contributed by atoms with E-state index in [0.717, 1.165) is 51.5 Å². The Kier molecular flexibility index (Phi) is 6.69. The zero-order valence-corrected chi connectivity index (χ0v) is 18.2. The minimum Gasteiger partial charge on any atom is -0.450 e. The number of carbonyl (C=O) groups is 1. The Balaban J connectivity index is 1.36. The van der Waals surface area contributed by atoms with Crippen LogP contribution in [0.25, 0.3) is 11.3 Å². The quantitative estimate of drug-likeness (QED) is 0.757. The van der Waals surface area contributed by atoms with Crippen molar-refractivity contribution in [1.82, 2.24) is 24.5 Å². The molecule has 2 aromatic rings. The Hall–Kier alpha value is -2.38. The SMILES string of the molecule is CCOC(=O)N1CCN([C@@H]2CCCN(Cc3cn(C)nc3-c3ccccc3)C2)CC1. The maximum atomic E-state index is 12.0. The molecule has 7 heteroatoms. The van der Waals surface area contributed by atoms with Gasteiger partial charge in [-0.2, -0.15) is 5.10 Å². The number of nitrogens with zero attached hydrogens (tertiary/aromatic N) is 5. The first kappa shape index (κ1) is 20.9. The van der Waals surface area contributed by atoms with E-state index in [2.05, 4.69) is 40.3 Å². The van der Waals surface area contributed by atoms with Crippen LogP contribution in [0.3, 0.4) is 0 Å². The summed E-state index contributed by atoms with van der Waals surface area (Å²) in [5.74, 6) is 0. The van der Waals surface area contributed by atoms with Crippen LogP contribution in [-0.2, 0) is 18.3 Å². The van der Waals surface area contributed by atoms with Crippen molar-refractivity contribution in [2.75, 3.05) is 45.9 Å². The fourth-order valence-corrected chi connectivity index (χ4v) is 4.69. The van der Waals surface area contributed by atoms with Gasteiger partial charge in [0.2, 0.25) is 0 Å². The standard InChI is InChI=1S/C23H33N5O2/c1-3-30-23(29)28-14-12-27(13-15-28)21-10-7-11-26(18-21)17-20-16-25(2)24-22(20)19-8-5-4-6-9-19/h4-6,8-9,16,21H,3,7,10-15,17-18H2,1-2H3/t21-/m1/s1. The van der Waals surface area contributed by atoms with Gasteiger partial charge in [-0.3, -0.25) is 14.5 Å². The number of benzene rings is 1. The summed E-state index contributed by atoms with van der Waals surface area (Å²) in [5, 5.41) is 4.73. The van der Waals surface area contributed by atoms with Gasteiger partial charge in [-0.25, -0.2) is 4.79 Å². The summed E-state index contributed by atoms with van der Waals surface area (Å²) >= 11 is 0. The third kappa shape index (κ3) is 4.84. The number of aryl methyl sites for hydroxylation is 1. The van der Waals surface area contributed by atoms with Crippen LogP contribution in [0.1, 0.15) is 25.3 Å². The largest absolute Gasteiger partial charge is 0.450 e. The molecule has 1 aromatic carbocycles. The highest BCUT2D eigenvalue weighted by Gasteiger charge is 2.30. The monoisotopic (exact) mass is 411 g/mol. The Morgan fingerprint density at radius 2 is 1.90 bits per heavy atom. The summed E-state index contributed by atoms with van der Waals surface area (Å²) in [4.78, 5) is 18.9. The highest BCUT2D eigenvalue weighted by molar-refractivity contribution is 5.67. The zero-order chi connectivity index (χ0) is 20.9. The molecule has 0 radical (unpaired) electrons. The van der Waals surface area contributed by atoms with Crippen molar-refractivity contribution in [1.29, 1.82) is 0 Å². The molecule has 3 heterocycles. The Labute approximate surface area is 179 Å². The lowest BCUT2D eigenvalue weighted by Crippen LogP contribution is -2.55. The lowest BCUT2D eigenvalue weighted by molar-refractivity contribution is 0.0413. The van der Waals surface area contributed by atoms with E-state index in [9.17, 15) is 4.79 Å². The van der Waals surface area contributed by atoms with Crippen molar-refractivity contribution in [3.63, 3.8) is 0 Å². The van der Waals surface area contributed by atoms with E-state index in [0.29, 0.717) is 12.6 Å². The maximum Gasteiger partial charge on any atom is 0.409 e. The van der Waals surface area contributed by atoms with E-state index >= 15 is 0 Å². The average molecular weight is 412 g/mol. The minimum atomic E-state index is -0.174. The van der Waals surface area contributed by atoms with Gasteiger partial charge in [0.25, 0.3) is 0 Å². The van der Waals surface area contributed by atoms with Gasteiger partial charge in [-0.05, 0) is 26.3 Å². The molecule has 2 saturated heterocycles. The van der Waals surface area contributed by atoms with Gasteiger partial charge in [0.1, 0.15) is 0 Å². The molecule has 30 heavy (non-hydrogen) atoms. The predicted octanol–water partition coefficient (Wildman–Crippen LogP) is 2.83. The molecule has 0 N–H and O–H groups in total. The number of rotatable bonds is 5. The molecule has 2 aliphatic rings. The number of carbonyl (C=O) groups excluding carboxylic acids is 1. The summed E-state index contributed by atoms with van der Waals surface area (Å²) < 4.78 is 7.07. The third-order valence-corrected chi connectivity index (χ3v) is 6.18. The average Bonchev–Trinajstić information content (AvgIpc) is 3.15. The first-order valence-corrected chi connectivity index (χ1v) is 11.1. The number of piperazine rings is 1. The van der Waals surface area contributed by atoms with Gasteiger partial charge in [0.05, 0.1) is 12.3 Å². The molecule has 162 valence electrons. The number of hydrogen-bond acceptors (Lipinski definition) is 5. The fraction of sp³-hybridized carbons (Fsp3) is 0.565. The normalized spacial score (nSPS) is 21.0. The zero-order valence-electron chi connectivity index (χ0n) is 18.2. The predicted molar refractivity (Wildman–Crippen MR) is 117 cm³/mol. The van der Waals surface area contributed by atoms with E-state index in [1.165, 1.54) is 24.0 Å². The molecule has 1 aromatic heterocycles. The number of likely N-dealkylation sites (tertiary alicyclic amines) is 1. The van der Waals surface area contributed by atoms with Gasteiger partial charge in [-0.1, -0.05) is 30.3 Å².